The van der Waals surface area contributed by atoms with E-state index in [9.17, 15) is 10.2 Å². The first-order valence-electron chi connectivity index (χ1n) is 6.27. The number of aromatic hydroxyl groups is 2. The normalized spacial score (nSPS) is 23.0. The number of fused-ring (bicyclic) bond motifs is 5. The highest BCUT2D eigenvalue weighted by molar-refractivity contribution is 6.30. The van der Waals surface area contributed by atoms with Crippen molar-refractivity contribution in [1.29, 1.82) is 0 Å². The van der Waals surface area contributed by atoms with Crippen LogP contribution in [-0.4, -0.2) is 14.8 Å². The Hall–Kier alpha value is -1.87. The van der Waals surface area contributed by atoms with E-state index >= 15 is 0 Å². The van der Waals surface area contributed by atoms with Gasteiger partial charge in [0, 0.05) is 28.0 Å². The highest BCUT2D eigenvalue weighted by Crippen LogP contribution is 2.57. The van der Waals surface area contributed by atoms with Crippen LogP contribution in [0.2, 0.25) is 5.02 Å². The highest BCUT2D eigenvalue weighted by atomic mass is 35.5. The fraction of sp³-hybridized carbons (Fsp3) is 0.200. The average Bonchev–Trinajstić information content (AvgIpc) is 3.06. The van der Waals surface area contributed by atoms with Crippen LogP contribution >= 0.6 is 11.6 Å². The Balaban J connectivity index is 1.94. The molecule has 1 heterocycles. The first kappa shape index (κ1) is 11.0. The smallest absolute Gasteiger partial charge is 0.202 e. The number of allylic oxidation sites excluding steroid dienone is 2. The first-order chi connectivity index (χ1) is 9.16. The van der Waals surface area contributed by atoms with Crippen LogP contribution in [0.25, 0.3) is 5.69 Å². The third-order valence-corrected chi connectivity index (χ3v) is 4.36. The molecule has 0 spiro atoms. The summed E-state index contributed by atoms with van der Waals surface area (Å²) in [6.45, 7) is 0. The summed E-state index contributed by atoms with van der Waals surface area (Å²) < 4.78 is 1.49. The number of benzene rings is 1. The van der Waals surface area contributed by atoms with Gasteiger partial charge in [-0.3, -0.25) is 4.57 Å². The molecule has 1 aromatic heterocycles. The van der Waals surface area contributed by atoms with Gasteiger partial charge >= 0.3 is 0 Å². The summed E-state index contributed by atoms with van der Waals surface area (Å²) in [4.78, 5) is 0. The molecule has 2 bridgehead atoms. The van der Waals surface area contributed by atoms with E-state index in [0.29, 0.717) is 10.7 Å². The van der Waals surface area contributed by atoms with Crippen LogP contribution in [0.1, 0.15) is 29.4 Å². The number of hydrogen-bond donors (Lipinski definition) is 2. The lowest BCUT2D eigenvalue weighted by Gasteiger charge is -2.09. The van der Waals surface area contributed by atoms with E-state index in [1.165, 1.54) is 4.57 Å². The number of hydrogen-bond acceptors (Lipinski definition) is 2. The summed E-state index contributed by atoms with van der Waals surface area (Å²) in [5, 5.41) is 21.5. The summed E-state index contributed by atoms with van der Waals surface area (Å²) in [7, 11) is 0. The first-order valence-corrected chi connectivity index (χ1v) is 6.65. The lowest BCUT2D eigenvalue weighted by atomic mass is 10.0. The Morgan fingerprint density at radius 3 is 2.00 bits per heavy atom. The van der Waals surface area contributed by atoms with Gasteiger partial charge in [0.1, 0.15) is 0 Å². The molecule has 0 amide bonds. The molecule has 3 nitrogen and oxygen atoms in total. The molecule has 0 unspecified atom stereocenters. The van der Waals surface area contributed by atoms with Crippen LogP contribution in [0.15, 0.2) is 36.4 Å². The summed E-state index contributed by atoms with van der Waals surface area (Å²) in [6.07, 6.45) is 5.18. The van der Waals surface area contributed by atoms with Crippen molar-refractivity contribution >= 4 is 11.6 Å². The highest BCUT2D eigenvalue weighted by Gasteiger charge is 2.41. The van der Waals surface area contributed by atoms with E-state index < -0.39 is 0 Å². The summed E-state index contributed by atoms with van der Waals surface area (Å²) in [5.74, 6) is 0.761. The average molecular weight is 274 g/mol. The molecule has 2 atom stereocenters. The number of aromatic nitrogens is 1. The minimum atomic E-state index is 0.145. The maximum atomic E-state index is 10.4. The van der Waals surface area contributed by atoms with Crippen LogP contribution in [0.4, 0.5) is 0 Å². The van der Waals surface area contributed by atoms with Gasteiger partial charge in [-0.25, -0.2) is 0 Å². The van der Waals surface area contributed by atoms with Crippen molar-refractivity contribution in [1.82, 2.24) is 4.57 Å². The van der Waals surface area contributed by atoms with E-state index in [4.69, 9.17) is 11.6 Å². The molecule has 0 saturated carbocycles. The Bertz CT molecular complexity index is 664. The molecule has 2 aliphatic carbocycles. The Labute approximate surface area is 115 Å². The van der Waals surface area contributed by atoms with Crippen LogP contribution in [0.3, 0.4) is 0 Å². The van der Waals surface area contributed by atoms with Gasteiger partial charge in [0.25, 0.3) is 0 Å². The predicted octanol–water partition coefficient (Wildman–Crippen LogP) is 3.68. The molecule has 0 aliphatic heterocycles. The van der Waals surface area contributed by atoms with Crippen LogP contribution in [0, 0.1) is 0 Å². The third kappa shape index (κ3) is 1.33. The van der Waals surface area contributed by atoms with Gasteiger partial charge in [-0.15, -0.1) is 0 Å². The van der Waals surface area contributed by atoms with Gasteiger partial charge < -0.3 is 10.2 Å². The van der Waals surface area contributed by atoms with Gasteiger partial charge in [-0.05, 0) is 30.7 Å². The molecule has 2 N–H and O–H groups in total. The topological polar surface area (TPSA) is 45.4 Å². The number of rotatable bonds is 1. The second-order valence-electron chi connectivity index (χ2n) is 5.12. The molecule has 4 heteroatoms. The molecule has 4 rings (SSSR count). The van der Waals surface area contributed by atoms with Gasteiger partial charge in [-0.1, -0.05) is 23.8 Å². The molecule has 2 aromatic rings. The van der Waals surface area contributed by atoms with Gasteiger partial charge in [0.15, 0.2) is 0 Å². The Kier molecular flexibility index (Phi) is 2.07. The monoisotopic (exact) mass is 273 g/mol. The maximum absolute atomic E-state index is 10.4. The zero-order chi connectivity index (χ0) is 13.1. The zero-order valence-electron chi connectivity index (χ0n) is 10.0. The van der Waals surface area contributed by atoms with E-state index in [0.717, 1.165) is 17.5 Å². The van der Waals surface area contributed by atoms with E-state index in [1.807, 2.05) is 0 Å². The van der Waals surface area contributed by atoms with E-state index in [-0.39, 0.29) is 23.6 Å². The molecule has 0 saturated heterocycles. The van der Waals surface area contributed by atoms with Gasteiger partial charge in [0.2, 0.25) is 11.8 Å². The standard InChI is InChI=1S/C15H12ClNO2/c16-10-3-5-11(6-4-10)17-14(18)12-8-1-2-9(7-8)13(12)15(17)19/h1-6,8-9,18-19H,7H2/t8-,9+. The van der Waals surface area contributed by atoms with Crippen molar-refractivity contribution in [3.8, 4) is 17.4 Å². The third-order valence-electron chi connectivity index (χ3n) is 4.11. The molecule has 0 fully saturated rings. The second kappa shape index (κ2) is 3.58. The van der Waals surface area contributed by atoms with Crippen molar-refractivity contribution in [2.45, 2.75) is 18.3 Å². The van der Waals surface area contributed by atoms with E-state index in [2.05, 4.69) is 12.2 Å². The number of halogens is 1. The number of nitrogens with zero attached hydrogens (tertiary/aromatic N) is 1. The van der Waals surface area contributed by atoms with Gasteiger partial charge in [0.05, 0.1) is 5.69 Å². The Morgan fingerprint density at radius 1 is 0.947 bits per heavy atom. The lowest BCUT2D eigenvalue weighted by molar-refractivity contribution is 0.395. The molecular formula is C15H12ClNO2. The molecule has 0 radical (unpaired) electrons. The van der Waals surface area contributed by atoms with Gasteiger partial charge in [-0.2, -0.15) is 0 Å². The molecule has 96 valence electrons. The fourth-order valence-electron chi connectivity index (χ4n) is 3.28. The lowest BCUT2D eigenvalue weighted by Crippen LogP contribution is -1.95. The largest absolute Gasteiger partial charge is 0.494 e. The zero-order valence-corrected chi connectivity index (χ0v) is 10.8. The molecule has 1 aromatic carbocycles. The van der Waals surface area contributed by atoms with Crippen molar-refractivity contribution in [2.24, 2.45) is 0 Å². The molecular weight excluding hydrogens is 262 g/mol. The minimum Gasteiger partial charge on any atom is -0.494 e. The minimum absolute atomic E-state index is 0.145. The fourth-order valence-corrected chi connectivity index (χ4v) is 3.40. The molecule has 19 heavy (non-hydrogen) atoms. The Morgan fingerprint density at radius 2 is 1.47 bits per heavy atom. The molecule has 2 aliphatic rings. The van der Waals surface area contributed by atoms with Crippen molar-refractivity contribution in [2.75, 3.05) is 0 Å². The SMILES string of the molecule is Oc1c2c(c(O)n1-c1ccc(Cl)cc1)[C@H]1C=C[C@@H]2C1. The van der Waals surface area contributed by atoms with Crippen LogP contribution < -0.4 is 0 Å². The maximum Gasteiger partial charge on any atom is 0.202 e. The van der Waals surface area contributed by atoms with Crippen molar-refractivity contribution < 1.29 is 10.2 Å². The summed E-state index contributed by atoms with van der Waals surface area (Å²) >= 11 is 5.87. The van der Waals surface area contributed by atoms with Crippen molar-refractivity contribution in [3.05, 3.63) is 52.6 Å². The van der Waals surface area contributed by atoms with Crippen molar-refractivity contribution in [3.63, 3.8) is 0 Å². The van der Waals surface area contributed by atoms with E-state index in [1.54, 1.807) is 24.3 Å². The van der Waals surface area contributed by atoms with Crippen LogP contribution in [-0.2, 0) is 0 Å². The quantitative estimate of drug-likeness (QED) is 0.779. The predicted molar refractivity (Wildman–Crippen MR) is 73.3 cm³/mol. The van der Waals surface area contributed by atoms with Crippen LogP contribution in [0.5, 0.6) is 11.8 Å². The summed E-state index contributed by atoms with van der Waals surface area (Å²) in [5.41, 5.74) is 2.47. The summed E-state index contributed by atoms with van der Waals surface area (Å²) in [6, 6.07) is 7.06. The second-order valence-corrected chi connectivity index (χ2v) is 5.56.